The van der Waals surface area contributed by atoms with Gasteiger partial charge in [-0.05, 0) is 19.1 Å². The van der Waals surface area contributed by atoms with Gasteiger partial charge < -0.3 is 0 Å². The van der Waals surface area contributed by atoms with Crippen LogP contribution in [0.2, 0.25) is 0 Å². The maximum Gasteiger partial charge on any atom is 0.211 e. The molecule has 0 aliphatic carbocycles. The molecule has 5 heteroatoms. The fraction of sp³-hybridized carbons (Fsp3) is 0.100. The number of benzene rings is 2. The second-order valence-corrected chi connectivity index (χ2v) is 7.95. The van der Waals surface area contributed by atoms with Crippen LogP contribution in [0.15, 0.2) is 65.0 Å². The Bertz CT molecular complexity index is 1060. The van der Waals surface area contributed by atoms with Crippen molar-refractivity contribution in [3.05, 3.63) is 71.2 Å². The zero-order valence-corrected chi connectivity index (χ0v) is 15.3. The van der Waals surface area contributed by atoms with Gasteiger partial charge in [-0.3, -0.25) is 0 Å². The number of hydrogen-bond acceptors (Lipinski definition) is 4. The summed E-state index contributed by atoms with van der Waals surface area (Å²) < 4.78 is 2.00. The average molecular weight is 361 g/mol. The smallest absolute Gasteiger partial charge is 0.211 e. The predicted octanol–water partition coefficient (Wildman–Crippen LogP) is 5.58. The molecule has 3 heterocycles. The Kier molecular flexibility index (Phi) is 3.50. The van der Waals surface area contributed by atoms with Crippen molar-refractivity contribution >= 4 is 23.1 Å². The number of thioether (sulfide) groups is 1. The largest absolute Gasteiger partial charge is 0.218 e. The van der Waals surface area contributed by atoms with Crippen LogP contribution in [-0.2, 0) is 5.75 Å². The summed E-state index contributed by atoms with van der Waals surface area (Å²) in [6, 6.07) is 16.9. The van der Waals surface area contributed by atoms with Crippen molar-refractivity contribution in [2.75, 3.05) is 0 Å². The van der Waals surface area contributed by atoms with Gasteiger partial charge in [-0.2, -0.15) is 5.10 Å². The van der Waals surface area contributed by atoms with E-state index >= 15 is 0 Å². The van der Waals surface area contributed by atoms with E-state index in [1.807, 2.05) is 40.8 Å². The Hall–Kier alpha value is -2.37. The van der Waals surface area contributed by atoms with E-state index in [0.29, 0.717) is 0 Å². The summed E-state index contributed by atoms with van der Waals surface area (Å²) in [5, 5.41) is 7.68. The lowest BCUT2D eigenvalue weighted by molar-refractivity contribution is 0.875. The van der Waals surface area contributed by atoms with Gasteiger partial charge in [-0.1, -0.05) is 42.0 Å². The van der Waals surface area contributed by atoms with E-state index in [9.17, 15) is 0 Å². The standard InChI is InChI=1S/C20H15N3S2/c1-13-7-8-18-16(9-13)19-15(11-24-18)10-21-23(19)20-22-17(12-25-20)14-5-3-2-4-6-14/h2-10,12H,11H2,1H3. The molecule has 1 aliphatic heterocycles. The molecule has 122 valence electrons. The van der Waals surface area contributed by atoms with Gasteiger partial charge in [0.1, 0.15) is 0 Å². The molecular weight excluding hydrogens is 346 g/mol. The second-order valence-electron chi connectivity index (χ2n) is 6.10. The molecule has 0 saturated carbocycles. The first-order valence-electron chi connectivity index (χ1n) is 8.11. The van der Waals surface area contributed by atoms with Crippen molar-refractivity contribution in [3.8, 4) is 27.6 Å². The molecule has 5 rings (SSSR count). The van der Waals surface area contributed by atoms with E-state index in [-0.39, 0.29) is 0 Å². The fourth-order valence-corrected chi connectivity index (χ4v) is 4.93. The molecule has 0 amide bonds. The van der Waals surface area contributed by atoms with E-state index in [0.717, 1.165) is 22.1 Å². The number of rotatable bonds is 2. The van der Waals surface area contributed by atoms with Gasteiger partial charge in [-0.15, -0.1) is 23.1 Å². The second kappa shape index (κ2) is 5.86. The zero-order chi connectivity index (χ0) is 16.8. The van der Waals surface area contributed by atoms with Crippen LogP contribution in [0.1, 0.15) is 11.1 Å². The first-order chi connectivity index (χ1) is 12.3. The minimum atomic E-state index is 0.916. The number of thiazole rings is 1. The highest BCUT2D eigenvalue weighted by molar-refractivity contribution is 7.98. The minimum Gasteiger partial charge on any atom is -0.218 e. The molecule has 0 fully saturated rings. The van der Waals surface area contributed by atoms with Crippen molar-refractivity contribution in [1.82, 2.24) is 14.8 Å². The average Bonchev–Trinajstić information content (AvgIpc) is 3.29. The van der Waals surface area contributed by atoms with Crippen molar-refractivity contribution in [2.45, 2.75) is 17.6 Å². The summed E-state index contributed by atoms with van der Waals surface area (Å²) in [4.78, 5) is 6.16. The lowest BCUT2D eigenvalue weighted by atomic mass is 10.1. The summed E-state index contributed by atoms with van der Waals surface area (Å²) in [7, 11) is 0. The summed E-state index contributed by atoms with van der Waals surface area (Å²) in [5.74, 6) is 0.961. The van der Waals surface area contributed by atoms with Gasteiger partial charge in [0.2, 0.25) is 5.13 Å². The molecule has 2 aromatic carbocycles. The van der Waals surface area contributed by atoms with Crippen LogP contribution in [0.25, 0.3) is 27.6 Å². The predicted molar refractivity (Wildman–Crippen MR) is 104 cm³/mol. The van der Waals surface area contributed by atoms with Gasteiger partial charge in [0.05, 0.1) is 17.6 Å². The van der Waals surface area contributed by atoms with Crippen molar-refractivity contribution in [3.63, 3.8) is 0 Å². The van der Waals surface area contributed by atoms with Crippen LogP contribution in [0.4, 0.5) is 0 Å². The van der Waals surface area contributed by atoms with Crippen molar-refractivity contribution in [2.24, 2.45) is 0 Å². The van der Waals surface area contributed by atoms with Crippen LogP contribution >= 0.6 is 23.1 Å². The topological polar surface area (TPSA) is 30.7 Å². The van der Waals surface area contributed by atoms with E-state index in [4.69, 9.17) is 4.98 Å². The third-order valence-corrected chi connectivity index (χ3v) is 6.30. The molecule has 0 bridgehead atoms. The van der Waals surface area contributed by atoms with Gasteiger partial charge in [0, 0.05) is 32.7 Å². The van der Waals surface area contributed by atoms with Gasteiger partial charge in [0.25, 0.3) is 0 Å². The normalized spacial score (nSPS) is 12.7. The highest BCUT2D eigenvalue weighted by Crippen LogP contribution is 2.43. The first-order valence-corrected chi connectivity index (χ1v) is 9.98. The molecule has 2 aromatic heterocycles. The van der Waals surface area contributed by atoms with Gasteiger partial charge >= 0.3 is 0 Å². The Labute approximate surface area is 154 Å². The van der Waals surface area contributed by atoms with E-state index in [1.54, 1.807) is 11.3 Å². The first kappa shape index (κ1) is 14.9. The molecule has 1 aliphatic rings. The molecule has 0 radical (unpaired) electrons. The molecule has 0 saturated heterocycles. The van der Waals surface area contributed by atoms with Crippen LogP contribution in [0, 0.1) is 6.92 Å². The third-order valence-electron chi connectivity index (χ3n) is 4.36. The molecule has 0 N–H and O–H groups in total. The Morgan fingerprint density at radius 1 is 1.08 bits per heavy atom. The number of aryl methyl sites for hydroxylation is 1. The van der Waals surface area contributed by atoms with E-state index < -0.39 is 0 Å². The lowest BCUT2D eigenvalue weighted by Crippen LogP contribution is -2.03. The number of aromatic nitrogens is 3. The summed E-state index contributed by atoms with van der Waals surface area (Å²) >= 11 is 3.52. The highest BCUT2D eigenvalue weighted by atomic mass is 32.2. The Morgan fingerprint density at radius 3 is 2.84 bits per heavy atom. The summed E-state index contributed by atoms with van der Waals surface area (Å²) in [6.45, 7) is 2.14. The van der Waals surface area contributed by atoms with Gasteiger partial charge in [-0.25, -0.2) is 9.67 Å². The zero-order valence-electron chi connectivity index (χ0n) is 13.6. The summed E-state index contributed by atoms with van der Waals surface area (Å²) in [5.41, 5.74) is 7.13. The van der Waals surface area contributed by atoms with Crippen LogP contribution < -0.4 is 0 Å². The molecule has 4 aromatic rings. The SMILES string of the molecule is Cc1ccc2c(c1)-c1c(cnn1-c1nc(-c3ccccc3)cs1)CS2. The molecular formula is C20H15N3S2. The summed E-state index contributed by atoms with van der Waals surface area (Å²) in [6.07, 6.45) is 1.98. The molecule has 0 unspecified atom stereocenters. The molecule has 0 spiro atoms. The number of nitrogens with zero attached hydrogens (tertiary/aromatic N) is 3. The van der Waals surface area contributed by atoms with E-state index in [1.165, 1.54) is 27.3 Å². The molecule has 3 nitrogen and oxygen atoms in total. The van der Waals surface area contributed by atoms with Gasteiger partial charge in [0.15, 0.2) is 0 Å². The quantitative estimate of drug-likeness (QED) is 0.467. The third kappa shape index (κ3) is 2.51. The lowest BCUT2D eigenvalue weighted by Gasteiger charge is -2.17. The van der Waals surface area contributed by atoms with Crippen LogP contribution in [0.3, 0.4) is 0 Å². The number of hydrogen-bond donors (Lipinski definition) is 0. The monoisotopic (exact) mass is 361 g/mol. The molecule has 0 atom stereocenters. The van der Waals surface area contributed by atoms with Crippen molar-refractivity contribution in [1.29, 1.82) is 0 Å². The Balaban J connectivity index is 1.64. The minimum absolute atomic E-state index is 0.916. The fourth-order valence-electron chi connectivity index (χ4n) is 3.13. The number of fused-ring (bicyclic) bond motifs is 3. The Morgan fingerprint density at radius 2 is 1.96 bits per heavy atom. The van der Waals surface area contributed by atoms with Crippen molar-refractivity contribution < 1.29 is 0 Å². The maximum atomic E-state index is 4.84. The maximum absolute atomic E-state index is 4.84. The molecule has 25 heavy (non-hydrogen) atoms. The van der Waals surface area contributed by atoms with Crippen LogP contribution in [0.5, 0.6) is 0 Å². The van der Waals surface area contributed by atoms with E-state index in [2.05, 4.69) is 47.7 Å². The van der Waals surface area contributed by atoms with Crippen LogP contribution in [-0.4, -0.2) is 14.8 Å². The highest BCUT2D eigenvalue weighted by Gasteiger charge is 2.23.